The van der Waals surface area contributed by atoms with Crippen molar-refractivity contribution in [3.8, 4) is 0 Å². The van der Waals surface area contributed by atoms with Gasteiger partial charge in [-0.2, -0.15) is 0 Å². The SMILES string of the molecule is CC/C=C(\Sc1ccccc1)[C@@H](C)[C@H](Sc1ccccc1)C(C)(C)Sc1ccccc1. The predicted octanol–water partition coefficient (Wildman–Crippen LogP) is 9.44. The molecule has 0 heterocycles. The fraction of sp³-hybridized carbons (Fsp3) is 0.286. The van der Waals surface area contributed by atoms with Crippen LogP contribution in [0.25, 0.3) is 0 Å². The molecule has 0 fully saturated rings. The van der Waals surface area contributed by atoms with E-state index in [4.69, 9.17) is 0 Å². The van der Waals surface area contributed by atoms with Crippen molar-refractivity contribution in [3.05, 3.63) is 102 Å². The first-order valence-corrected chi connectivity index (χ1v) is 13.4. The van der Waals surface area contributed by atoms with Crippen molar-refractivity contribution < 1.29 is 0 Å². The summed E-state index contributed by atoms with van der Waals surface area (Å²) in [5, 5.41) is 0.411. The number of hydrogen-bond donors (Lipinski definition) is 0. The lowest BCUT2D eigenvalue weighted by Crippen LogP contribution is -2.36. The van der Waals surface area contributed by atoms with Crippen LogP contribution in [0.5, 0.6) is 0 Å². The molecule has 31 heavy (non-hydrogen) atoms. The lowest BCUT2D eigenvalue weighted by Gasteiger charge is -2.38. The normalized spacial score (nSPS) is 14.3. The van der Waals surface area contributed by atoms with Gasteiger partial charge in [-0.05, 0) is 61.6 Å². The third-order valence-electron chi connectivity index (χ3n) is 5.10. The smallest absolute Gasteiger partial charge is 0.0311 e. The Hall–Kier alpha value is -1.55. The van der Waals surface area contributed by atoms with Crippen LogP contribution in [-0.4, -0.2) is 10.00 Å². The zero-order chi connectivity index (χ0) is 22.1. The maximum atomic E-state index is 2.42. The highest BCUT2D eigenvalue weighted by Crippen LogP contribution is 2.49. The summed E-state index contributed by atoms with van der Waals surface area (Å²) < 4.78 is 0.0470. The first kappa shape index (κ1) is 24.1. The molecule has 0 aromatic heterocycles. The van der Waals surface area contributed by atoms with Gasteiger partial charge in [-0.1, -0.05) is 86.3 Å². The summed E-state index contributed by atoms with van der Waals surface area (Å²) in [5.74, 6) is 0.418. The van der Waals surface area contributed by atoms with E-state index in [0.717, 1.165) is 6.42 Å². The molecule has 0 aliphatic heterocycles. The molecule has 3 aromatic rings. The van der Waals surface area contributed by atoms with Gasteiger partial charge in [-0.25, -0.2) is 0 Å². The van der Waals surface area contributed by atoms with Gasteiger partial charge in [0, 0.05) is 30.6 Å². The standard InChI is InChI=1S/C28H32S3/c1-5-15-26(29-23-16-9-6-10-17-23)22(2)27(30-24-18-11-7-12-19-24)28(3,4)31-25-20-13-8-14-21-25/h6-22,27H,5H2,1-4H3/b26-15-/t22-,27+/m1/s1. The van der Waals surface area contributed by atoms with Crippen molar-refractivity contribution in [3.63, 3.8) is 0 Å². The van der Waals surface area contributed by atoms with Gasteiger partial charge in [0.1, 0.15) is 0 Å². The van der Waals surface area contributed by atoms with Crippen LogP contribution in [0.2, 0.25) is 0 Å². The monoisotopic (exact) mass is 464 g/mol. The molecular formula is C28H32S3. The third kappa shape index (κ3) is 7.24. The number of allylic oxidation sites excluding steroid dienone is 2. The van der Waals surface area contributed by atoms with Crippen LogP contribution in [0.15, 0.2) is 117 Å². The van der Waals surface area contributed by atoms with E-state index < -0.39 is 0 Å². The summed E-state index contributed by atoms with van der Waals surface area (Å²) in [6.45, 7) is 9.45. The molecule has 0 unspecified atom stereocenters. The van der Waals surface area contributed by atoms with Crippen molar-refractivity contribution >= 4 is 35.3 Å². The second-order valence-corrected chi connectivity index (χ2v) is 12.2. The van der Waals surface area contributed by atoms with Gasteiger partial charge >= 0.3 is 0 Å². The minimum absolute atomic E-state index is 0.0470. The summed E-state index contributed by atoms with van der Waals surface area (Å²) >= 11 is 5.92. The van der Waals surface area contributed by atoms with Gasteiger partial charge in [0.15, 0.2) is 0 Å². The fourth-order valence-corrected chi connectivity index (χ4v) is 7.61. The lowest BCUT2D eigenvalue weighted by atomic mass is 9.96. The molecule has 0 bridgehead atoms. The summed E-state index contributed by atoms with van der Waals surface area (Å²) in [6, 6.07) is 32.4. The first-order valence-electron chi connectivity index (χ1n) is 10.9. The van der Waals surface area contributed by atoms with Crippen molar-refractivity contribution in [2.75, 3.05) is 0 Å². The Morgan fingerprint density at radius 3 is 1.77 bits per heavy atom. The second-order valence-electron chi connectivity index (χ2n) is 8.09. The molecule has 2 atom stereocenters. The molecule has 3 aromatic carbocycles. The van der Waals surface area contributed by atoms with Crippen LogP contribution in [0.4, 0.5) is 0 Å². The van der Waals surface area contributed by atoms with E-state index in [1.165, 1.54) is 19.6 Å². The van der Waals surface area contributed by atoms with E-state index >= 15 is 0 Å². The summed E-state index contributed by atoms with van der Waals surface area (Å²) in [4.78, 5) is 5.44. The maximum Gasteiger partial charge on any atom is 0.0311 e. The van der Waals surface area contributed by atoms with E-state index in [1.807, 2.05) is 35.3 Å². The number of thioether (sulfide) groups is 3. The molecule has 0 saturated heterocycles. The highest BCUT2D eigenvalue weighted by molar-refractivity contribution is 8.05. The highest BCUT2D eigenvalue weighted by atomic mass is 32.2. The van der Waals surface area contributed by atoms with Gasteiger partial charge in [0.25, 0.3) is 0 Å². The van der Waals surface area contributed by atoms with Crippen LogP contribution in [0.3, 0.4) is 0 Å². The third-order valence-corrected chi connectivity index (χ3v) is 9.62. The molecule has 0 N–H and O–H groups in total. The zero-order valence-electron chi connectivity index (χ0n) is 18.8. The molecule has 3 rings (SSSR count). The molecule has 0 saturated carbocycles. The molecule has 162 valence electrons. The molecular weight excluding hydrogens is 433 g/mol. The van der Waals surface area contributed by atoms with Gasteiger partial charge in [0.05, 0.1) is 0 Å². The largest absolute Gasteiger partial charge is 0.121 e. The molecule has 3 heteroatoms. The Balaban J connectivity index is 1.92. The molecule has 0 radical (unpaired) electrons. The molecule has 0 aliphatic carbocycles. The van der Waals surface area contributed by atoms with E-state index in [0.29, 0.717) is 11.2 Å². The Morgan fingerprint density at radius 1 is 0.774 bits per heavy atom. The minimum Gasteiger partial charge on any atom is -0.121 e. The number of benzene rings is 3. The Labute approximate surface area is 201 Å². The predicted molar refractivity (Wildman–Crippen MR) is 142 cm³/mol. The average Bonchev–Trinajstić information content (AvgIpc) is 2.78. The molecule has 0 amide bonds. The lowest BCUT2D eigenvalue weighted by molar-refractivity contribution is 0.554. The van der Waals surface area contributed by atoms with Crippen LogP contribution in [-0.2, 0) is 0 Å². The Bertz CT molecular complexity index is 934. The van der Waals surface area contributed by atoms with Crippen LogP contribution >= 0.6 is 35.3 Å². The first-order chi connectivity index (χ1) is 15.0. The van der Waals surface area contributed by atoms with Crippen molar-refractivity contribution in [2.45, 2.75) is 58.8 Å². The highest BCUT2D eigenvalue weighted by Gasteiger charge is 2.37. The Morgan fingerprint density at radius 2 is 1.26 bits per heavy atom. The molecule has 0 aliphatic rings. The van der Waals surface area contributed by atoms with Gasteiger partial charge < -0.3 is 0 Å². The summed E-state index contributed by atoms with van der Waals surface area (Å²) in [6.07, 6.45) is 3.47. The van der Waals surface area contributed by atoms with Crippen LogP contribution in [0, 0.1) is 5.92 Å². The summed E-state index contributed by atoms with van der Waals surface area (Å²) in [5.41, 5.74) is 0. The van der Waals surface area contributed by atoms with E-state index in [-0.39, 0.29) is 4.75 Å². The second kappa shape index (κ2) is 11.9. The number of rotatable bonds is 10. The number of hydrogen-bond acceptors (Lipinski definition) is 3. The maximum absolute atomic E-state index is 2.42. The van der Waals surface area contributed by atoms with Crippen LogP contribution in [0.1, 0.15) is 34.1 Å². The van der Waals surface area contributed by atoms with Crippen LogP contribution < -0.4 is 0 Å². The molecule has 0 spiro atoms. The zero-order valence-corrected chi connectivity index (χ0v) is 21.3. The Kier molecular flexibility index (Phi) is 9.25. The van der Waals surface area contributed by atoms with Crippen molar-refractivity contribution in [1.29, 1.82) is 0 Å². The topological polar surface area (TPSA) is 0 Å². The van der Waals surface area contributed by atoms with Gasteiger partial charge in [-0.15, -0.1) is 23.5 Å². The summed E-state index contributed by atoms with van der Waals surface area (Å²) in [7, 11) is 0. The van der Waals surface area contributed by atoms with Crippen molar-refractivity contribution in [2.24, 2.45) is 5.92 Å². The van der Waals surface area contributed by atoms with Crippen molar-refractivity contribution in [1.82, 2.24) is 0 Å². The quantitative estimate of drug-likeness (QED) is 0.274. The minimum atomic E-state index is 0.0470. The fourth-order valence-electron chi connectivity index (χ4n) is 3.64. The van der Waals surface area contributed by atoms with E-state index in [1.54, 1.807) is 0 Å². The van der Waals surface area contributed by atoms with Gasteiger partial charge in [0.2, 0.25) is 0 Å². The van der Waals surface area contributed by atoms with E-state index in [9.17, 15) is 0 Å². The van der Waals surface area contributed by atoms with E-state index in [2.05, 4.69) is 125 Å². The van der Waals surface area contributed by atoms with Gasteiger partial charge in [-0.3, -0.25) is 0 Å². The molecule has 0 nitrogen and oxygen atoms in total. The average molecular weight is 465 g/mol.